The van der Waals surface area contributed by atoms with Gasteiger partial charge in [-0.3, -0.25) is 0 Å². The molecule has 0 radical (unpaired) electrons. The molecule has 3 rings (SSSR count). The topological polar surface area (TPSA) is 12.0 Å². The second-order valence-electron chi connectivity index (χ2n) is 4.48. The maximum absolute atomic E-state index is 12.7. The minimum absolute atomic E-state index is 0.130. The van der Waals surface area contributed by atoms with Gasteiger partial charge in [0.15, 0.2) is 0 Å². The average Bonchev–Trinajstić information content (AvgIpc) is 2.52. The second kappa shape index (κ2) is 3.06. The lowest BCUT2D eigenvalue weighted by Gasteiger charge is -2.40. The van der Waals surface area contributed by atoms with Gasteiger partial charge < -0.3 is 5.32 Å². The fourth-order valence-corrected chi connectivity index (χ4v) is 2.88. The van der Waals surface area contributed by atoms with Crippen molar-refractivity contribution in [3.8, 4) is 0 Å². The van der Waals surface area contributed by atoms with Crippen molar-refractivity contribution in [1.29, 1.82) is 0 Å². The van der Waals surface area contributed by atoms with E-state index in [-0.39, 0.29) is 5.82 Å². The molecule has 1 aromatic carbocycles. The highest BCUT2D eigenvalue weighted by Crippen LogP contribution is 2.48. The highest BCUT2D eigenvalue weighted by Gasteiger charge is 2.44. The number of benzene rings is 1. The Morgan fingerprint density at radius 1 is 1.14 bits per heavy atom. The molecule has 1 nitrogen and oxygen atoms in total. The molecular weight excluding hydrogens is 177 g/mol. The fraction of sp³-hybridized carbons (Fsp3) is 0.500. The van der Waals surface area contributed by atoms with Crippen LogP contribution in [0.4, 0.5) is 4.39 Å². The summed E-state index contributed by atoms with van der Waals surface area (Å²) in [5, 5.41) is 3.42. The van der Waals surface area contributed by atoms with E-state index in [0.717, 1.165) is 18.4 Å². The molecule has 1 aromatic rings. The summed E-state index contributed by atoms with van der Waals surface area (Å²) in [5.41, 5.74) is 1.32. The van der Waals surface area contributed by atoms with Crippen LogP contribution in [0.3, 0.4) is 0 Å². The largest absolute Gasteiger partial charge is 0.316 e. The summed E-state index contributed by atoms with van der Waals surface area (Å²) in [4.78, 5) is 0. The maximum atomic E-state index is 12.7. The van der Waals surface area contributed by atoms with Gasteiger partial charge in [0.05, 0.1) is 0 Å². The molecule has 1 aliphatic heterocycles. The Balaban J connectivity index is 1.80. The van der Waals surface area contributed by atoms with E-state index in [1.165, 1.54) is 18.5 Å². The first-order valence-electron chi connectivity index (χ1n) is 5.31. The lowest BCUT2D eigenvalue weighted by atomic mass is 9.64. The van der Waals surface area contributed by atoms with Crippen LogP contribution >= 0.6 is 0 Å². The molecule has 1 N–H and O–H groups in total. The zero-order chi connectivity index (χ0) is 9.54. The van der Waals surface area contributed by atoms with Gasteiger partial charge in [-0.2, -0.15) is 0 Å². The van der Waals surface area contributed by atoms with E-state index in [0.29, 0.717) is 5.92 Å². The van der Waals surface area contributed by atoms with Gasteiger partial charge in [-0.25, -0.2) is 4.39 Å². The third-order valence-electron chi connectivity index (χ3n) is 3.76. The predicted molar refractivity (Wildman–Crippen MR) is 53.6 cm³/mol. The van der Waals surface area contributed by atoms with Crippen LogP contribution in [0.15, 0.2) is 24.3 Å². The first-order chi connectivity index (χ1) is 6.84. The van der Waals surface area contributed by atoms with Gasteiger partial charge in [-0.05, 0) is 55.0 Å². The minimum Gasteiger partial charge on any atom is -0.316 e. The Morgan fingerprint density at radius 3 is 2.64 bits per heavy atom. The van der Waals surface area contributed by atoms with Crippen LogP contribution in [0.1, 0.15) is 17.9 Å². The Labute approximate surface area is 83.3 Å². The Hall–Kier alpha value is -0.890. The van der Waals surface area contributed by atoms with Crippen LogP contribution in [0.5, 0.6) is 0 Å². The first kappa shape index (κ1) is 8.42. The average molecular weight is 191 g/mol. The van der Waals surface area contributed by atoms with Crippen LogP contribution in [0, 0.1) is 17.7 Å². The molecular formula is C12H14FN. The van der Waals surface area contributed by atoms with E-state index < -0.39 is 0 Å². The molecule has 3 atom stereocenters. The van der Waals surface area contributed by atoms with Crippen molar-refractivity contribution in [3.63, 3.8) is 0 Å². The van der Waals surface area contributed by atoms with Gasteiger partial charge >= 0.3 is 0 Å². The predicted octanol–water partition coefficient (Wildman–Crippen LogP) is 2.15. The minimum atomic E-state index is -0.130. The molecule has 74 valence electrons. The summed E-state index contributed by atoms with van der Waals surface area (Å²) in [7, 11) is 0. The lowest BCUT2D eigenvalue weighted by Crippen LogP contribution is -2.33. The van der Waals surface area contributed by atoms with Gasteiger partial charge in [0, 0.05) is 0 Å². The Kier molecular flexibility index (Phi) is 1.84. The van der Waals surface area contributed by atoms with Crippen molar-refractivity contribution in [3.05, 3.63) is 35.6 Å². The van der Waals surface area contributed by atoms with Gasteiger partial charge in [-0.15, -0.1) is 0 Å². The normalized spacial score (nSPS) is 35.1. The van der Waals surface area contributed by atoms with Crippen molar-refractivity contribution < 1.29 is 4.39 Å². The lowest BCUT2D eigenvalue weighted by molar-refractivity contribution is 0.191. The van der Waals surface area contributed by atoms with Crippen molar-refractivity contribution in [2.45, 2.75) is 12.3 Å². The second-order valence-corrected chi connectivity index (χ2v) is 4.48. The quantitative estimate of drug-likeness (QED) is 0.717. The van der Waals surface area contributed by atoms with Gasteiger partial charge in [0.1, 0.15) is 5.82 Å². The van der Waals surface area contributed by atoms with Crippen molar-refractivity contribution >= 4 is 0 Å². The Morgan fingerprint density at radius 2 is 1.93 bits per heavy atom. The molecule has 1 aliphatic carbocycles. The van der Waals surface area contributed by atoms with E-state index in [4.69, 9.17) is 0 Å². The molecule has 2 fully saturated rings. The van der Waals surface area contributed by atoms with Crippen LogP contribution in [0.25, 0.3) is 0 Å². The number of fused-ring (bicyclic) bond motifs is 1. The number of hydrogen-bond donors (Lipinski definition) is 1. The van der Waals surface area contributed by atoms with Gasteiger partial charge in [-0.1, -0.05) is 12.1 Å². The molecule has 0 aromatic heterocycles. The zero-order valence-electron chi connectivity index (χ0n) is 8.04. The van der Waals surface area contributed by atoms with E-state index in [1.54, 1.807) is 12.1 Å². The molecule has 0 bridgehead atoms. The SMILES string of the molecule is Fc1ccc(C2CC3CNCC32)cc1. The summed E-state index contributed by atoms with van der Waals surface area (Å²) < 4.78 is 12.7. The summed E-state index contributed by atoms with van der Waals surface area (Å²) in [6.07, 6.45) is 1.28. The van der Waals surface area contributed by atoms with Crippen molar-refractivity contribution in [2.24, 2.45) is 11.8 Å². The van der Waals surface area contributed by atoms with E-state index in [1.807, 2.05) is 12.1 Å². The number of nitrogens with one attached hydrogen (secondary N) is 1. The highest BCUT2D eigenvalue weighted by atomic mass is 19.1. The highest BCUT2D eigenvalue weighted by molar-refractivity contribution is 5.25. The maximum Gasteiger partial charge on any atom is 0.123 e. The first-order valence-corrected chi connectivity index (χ1v) is 5.31. The molecule has 14 heavy (non-hydrogen) atoms. The molecule has 0 spiro atoms. The fourth-order valence-electron chi connectivity index (χ4n) is 2.88. The molecule has 3 unspecified atom stereocenters. The summed E-state index contributed by atoms with van der Waals surface area (Å²) in [5.74, 6) is 2.23. The molecule has 2 aliphatic rings. The summed E-state index contributed by atoms with van der Waals surface area (Å²) in [6, 6.07) is 7.03. The number of rotatable bonds is 1. The van der Waals surface area contributed by atoms with Crippen LogP contribution in [0.2, 0.25) is 0 Å². The molecule has 1 heterocycles. The smallest absolute Gasteiger partial charge is 0.123 e. The van der Waals surface area contributed by atoms with Crippen LogP contribution in [-0.2, 0) is 0 Å². The van der Waals surface area contributed by atoms with Crippen molar-refractivity contribution in [2.75, 3.05) is 13.1 Å². The standard InChI is InChI=1S/C12H14FN/c13-10-3-1-8(2-4-10)11-5-9-6-14-7-12(9)11/h1-4,9,11-12,14H,5-7H2. The molecule has 0 amide bonds. The third-order valence-corrected chi connectivity index (χ3v) is 3.76. The summed E-state index contributed by atoms with van der Waals surface area (Å²) in [6.45, 7) is 2.33. The van der Waals surface area contributed by atoms with Crippen LogP contribution < -0.4 is 5.32 Å². The van der Waals surface area contributed by atoms with E-state index in [9.17, 15) is 4.39 Å². The zero-order valence-corrected chi connectivity index (χ0v) is 8.04. The molecule has 1 saturated carbocycles. The monoisotopic (exact) mass is 191 g/mol. The summed E-state index contributed by atoms with van der Waals surface area (Å²) >= 11 is 0. The van der Waals surface area contributed by atoms with Crippen molar-refractivity contribution in [1.82, 2.24) is 5.32 Å². The molecule has 1 saturated heterocycles. The van der Waals surface area contributed by atoms with Gasteiger partial charge in [0.25, 0.3) is 0 Å². The number of halogens is 1. The Bertz CT molecular complexity index is 333. The third kappa shape index (κ3) is 1.17. The van der Waals surface area contributed by atoms with E-state index >= 15 is 0 Å². The number of hydrogen-bond acceptors (Lipinski definition) is 1. The van der Waals surface area contributed by atoms with E-state index in [2.05, 4.69) is 5.32 Å². The van der Waals surface area contributed by atoms with Crippen LogP contribution in [-0.4, -0.2) is 13.1 Å². The molecule has 2 heteroatoms. The van der Waals surface area contributed by atoms with Gasteiger partial charge in [0.2, 0.25) is 0 Å².